The quantitative estimate of drug-likeness (QED) is 0.865. The van der Waals surface area contributed by atoms with Crippen molar-refractivity contribution in [3.63, 3.8) is 0 Å². The normalized spacial score (nSPS) is 30.3. The Morgan fingerprint density at radius 2 is 2.04 bits per heavy atom. The molecule has 0 aliphatic carbocycles. The highest BCUT2D eigenvalue weighted by Gasteiger charge is 2.49. The largest absolute Gasteiger partial charge is 0.478 e. The molecule has 0 amide bonds. The first-order valence-corrected chi connectivity index (χ1v) is 8.87. The highest BCUT2D eigenvalue weighted by atomic mass is 16.5. The molecule has 1 aromatic carbocycles. The summed E-state index contributed by atoms with van der Waals surface area (Å²) in [5, 5.41) is 3.61. The summed E-state index contributed by atoms with van der Waals surface area (Å²) in [5.74, 6) is 1.73. The van der Waals surface area contributed by atoms with Crippen LogP contribution in [0, 0.1) is 5.92 Å². The molecule has 1 unspecified atom stereocenters. The van der Waals surface area contributed by atoms with Crippen molar-refractivity contribution in [1.29, 1.82) is 0 Å². The third-order valence-corrected chi connectivity index (χ3v) is 5.83. The van der Waals surface area contributed by atoms with Gasteiger partial charge in [0.15, 0.2) is 5.60 Å². The minimum atomic E-state index is -0.595. The predicted octanol–water partition coefficient (Wildman–Crippen LogP) is 2.79. The first-order chi connectivity index (χ1) is 11.1. The van der Waals surface area contributed by atoms with E-state index in [2.05, 4.69) is 36.3 Å². The van der Waals surface area contributed by atoms with E-state index in [9.17, 15) is 4.79 Å². The maximum atomic E-state index is 13.0. The molecule has 1 N–H and O–H groups in total. The van der Waals surface area contributed by atoms with Gasteiger partial charge in [0.05, 0.1) is 5.56 Å². The molecule has 3 heterocycles. The fourth-order valence-corrected chi connectivity index (χ4v) is 4.13. The van der Waals surface area contributed by atoms with Crippen molar-refractivity contribution in [3.8, 4) is 5.75 Å². The van der Waals surface area contributed by atoms with Crippen molar-refractivity contribution in [2.24, 2.45) is 5.92 Å². The van der Waals surface area contributed by atoms with Gasteiger partial charge in [-0.1, -0.05) is 13.0 Å². The molecule has 0 aromatic heterocycles. The Labute approximate surface area is 138 Å². The van der Waals surface area contributed by atoms with Gasteiger partial charge in [0.25, 0.3) is 0 Å². The zero-order valence-electron chi connectivity index (χ0n) is 14.1. The fraction of sp³-hybridized carbons (Fsp3) is 0.632. The van der Waals surface area contributed by atoms with E-state index < -0.39 is 5.60 Å². The number of piperidine rings is 2. The lowest BCUT2D eigenvalue weighted by atomic mass is 9.85. The number of carbonyl (C=O) groups excluding carboxylic acids is 1. The maximum Gasteiger partial charge on any atom is 0.210 e. The van der Waals surface area contributed by atoms with E-state index in [1.165, 1.54) is 12.0 Å². The molecule has 3 aliphatic rings. The molecular formula is C19H26N2O2. The fourth-order valence-electron chi connectivity index (χ4n) is 4.13. The number of hydrogen-bond donors (Lipinski definition) is 1. The lowest BCUT2D eigenvalue weighted by Crippen LogP contribution is -2.49. The number of nitrogens with zero attached hydrogens (tertiary/aromatic N) is 1. The molecule has 4 nitrogen and oxygen atoms in total. The standard InChI is InChI=1S/C19H26N2O2/c1-13-3-5-16(20-12-13)14-4-6-17-15(11-14)18(22)19(23-17)7-9-21(2)10-8-19/h4,6,11,13,16,20H,3,5,7-10,12H2,1-2H3/t13-,16?/m0/s1. The molecule has 0 radical (unpaired) electrons. The van der Waals surface area contributed by atoms with E-state index >= 15 is 0 Å². The predicted molar refractivity (Wildman–Crippen MR) is 90.0 cm³/mol. The number of nitrogens with one attached hydrogen (secondary N) is 1. The first kappa shape index (κ1) is 15.2. The Morgan fingerprint density at radius 1 is 1.26 bits per heavy atom. The van der Waals surface area contributed by atoms with Gasteiger partial charge in [-0.05, 0) is 50.0 Å². The van der Waals surface area contributed by atoms with Gasteiger partial charge in [-0.25, -0.2) is 0 Å². The Kier molecular flexibility index (Phi) is 3.69. The summed E-state index contributed by atoms with van der Waals surface area (Å²) >= 11 is 0. The van der Waals surface area contributed by atoms with Gasteiger partial charge in [-0.15, -0.1) is 0 Å². The number of carbonyl (C=O) groups is 1. The highest BCUT2D eigenvalue weighted by Crippen LogP contribution is 2.42. The molecule has 0 saturated carbocycles. The Balaban J connectivity index is 1.57. The maximum absolute atomic E-state index is 13.0. The minimum Gasteiger partial charge on any atom is -0.478 e. The number of benzene rings is 1. The summed E-state index contributed by atoms with van der Waals surface area (Å²) in [7, 11) is 2.10. The number of ketones is 1. The molecule has 4 rings (SSSR count). The van der Waals surface area contributed by atoms with E-state index in [1.54, 1.807) is 0 Å². The number of likely N-dealkylation sites (tertiary alicyclic amines) is 1. The number of ether oxygens (including phenoxy) is 1. The van der Waals surface area contributed by atoms with E-state index in [-0.39, 0.29) is 5.78 Å². The van der Waals surface area contributed by atoms with Crippen molar-refractivity contribution in [3.05, 3.63) is 29.3 Å². The van der Waals surface area contributed by atoms with E-state index in [1.807, 2.05) is 6.07 Å². The van der Waals surface area contributed by atoms with Gasteiger partial charge in [0.2, 0.25) is 5.78 Å². The van der Waals surface area contributed by atoms with Crippen LogP contribution in [0.3, 0.4) is 0 Å². The van der Waals surface area contributed by atoms with Gasteiger partial charge in [-0.2, -0.15) is 0 Å². The van der Waals surface area contributed by atoms with Gasteiger partial charge in [-0.3, -0.25) is 4.79 Å². The molecule has 124 valence electrons. The molecule has 2 atom stereocenters. The third kappa shape index (κ3) is 2.58. The zero-order chi connectivity index (χ0) is 16.0. The smallest absolute Gasteiger partial charge is 0.210 e. The van der Waals surface area contributed by atoms with Gasteiger partial charge in [0.1, 0.15) is 5.75 Å². The SMILES string of the molecule is C[C@H]1CCC(c2ccc3c(c2)C(=O)C2(CCN(C)CC2)O3)NC1. The second kappa shape index (κ2) is 5.60. The summed E-state index contributed by atoms with van der Waals surface area (Å²) in [4.78, 5) is 15.3. The molecule has 23 heavy (non-hydrogen) atoms. The summed E-state index contributed by atoms with van der Waals surface area (Å²) < 4.78 is 6.16. The number of fused-ring (bicyclic) bond motifs is 1. The molecule has 2 fully saturated rings. The molecular weight excluding hydrogens is 288 g/mol. The van der Waals surface area contributed by atoms with Crippen molar-refractivity contribution in [2.45, 2.75) is 44.2 Å². The van der Waals surface area contributed by atoms with Crippen molar-refractivity contribution in [2.75, 3.05) is 26.7 Å². The Bertz CT molecular complexity index is 612. The van der Waals surface area contributed by atoms with E-state index in [0.717, 1.165) is 56.1 Å². The van der Waals surface area contributed by atoms with Crippen LogP contribution in [0.4, 0.5) is 0 Å². The summed E-state index contributed by atoms with van der Waals surface area (Å²) in [6, 6.07) is 6.60. The molecule has 2 saturated heterocycles. The Hall–Kier alpha value is -1.39. The van der Waals surface area contributed by atoms with Crippen LogP contribution in [0.25, 0.3) is 0 Å². The lowest BCUT2D eigenvalue weighted by Gasteiger charge is -2.35. The van der Waals surface area contributed by atoms with Crippen LogP contribution in [-0.2, 0) is 0 Å². The lowest BCUT2D eigenvalue weighted by molar-refractivity contribution is 0.0253. The number of Topliss-reactive ketones (excluding diaryl/α,β-unsaturated/α-hetero) is 1. The summed E-state index contributed by atoms with van der Waals surface area (Å²) in [6.45, 7) is 5.19. The van der Waals surface area contributed by atoms with Crippen molar-refractivity contribution in [1.82, 2.24) is 10.2 Å². The highest BCUT2D eigenvalue weighted by molar-refractivity contribution is 6.07. The number of rotatable bonds is 1. The van der Waals surface area contributed by atoms with Crippen LogP contribution in [-0.4, -0.2) is 43.0 Å². The second-order valence-corrected chi connectivity index (χ2v) is 7.63. The topological polar surface area (TPSA) is 41.6 Å². The summed E-state index contributed by atoms with van der Waals surface area (Å²) in [5.41, 5.74) is 1.44. The molecule has 4 heteroatoms. The van der Waals surface area contributed by atoms with Crippen molar-refractivity contribution >= 4 is 5.78 Å². The minimum absolute atomic E-state index is 0.201. The van der Waals surface area contributed by atoms with E-state index in [4.69, 9.17) is 4.74 Å². The van der Waals surface area contributed by atoms with E-state index in [0.29, 0.717) is 6.04 Å². The van der Waals surface area contributed by atoms with Crippen LogP contribution >= 0.6 is 0 Å². The van der Waals surface area contributed by atoms with Gasteiger partial charge in [0, 0.05) is 32.0 Å². The molecule has 1 aromatic rings. The van der Waals surface area contributed by atoms with Gasteiger partial charge >= 0.3 is 0 Å². The monoisotopic (exact) mass is 314 g/mol. The zero-order valence-corrected chi connectivity index (χ0v) is 14.1. The first-order valence-electron chi connectivity index (χ1n) is 8.87. The molecule has 0 bridgehead atoms. The molecule has 1 spiro atoms. The average molecular weight is 314 g/mol. The van der Waals surface area contributed by atoms with Crippen LogP contribution in [0.2, 0.25) is 0 Å². The third-order valence-electron chi connectivity index (χ3n) is 5.83. The van der Waals surface area contributed by atoms with Crippen molar-refractivity contribution < 1.29 is 9.53 Å². The van der Waals surface area contributed by atoms with Crippen LogP contribution < -0.4 is 10.1 Å². The van der Waals surface area contributed by atoms with Gasteiger partial charge < -0.3 is 15.0 Å². The summed E-state index contributed by atoms with van der Waals surface area (Å²) in [6.07, 6.45) is 3.98. The number of hydrogen-bond acceptors (Lipinski definition) is 4. The second-order valence-electron chi connectivity index (χ2n) is 7.63. The van der Waals surface area contributed by atoms with Crippen LogP contribution in [0.5, 0.6) is 5.75 Å². The molecule has 3 aliphatic heterocycles. The van der Waals surface area contributed by atoms with Crippen LogP contribution in [0.15, 0.2) is 18.2 Å². The average Bonchev–Trinajstić information content (AvgIpc) is 2.83. The van der Waals surface area contributed by atoms with Crippen LogP contribution in [0.1, 0.15) is 54.6 Å². The Morgan fingerprint density at radius 3 is 2.74 bits per heavy atom.